The lowest BCUT2D eigenvalue weighted by Crippen LogP contribution is -2.22. The van der Waals surface area contributed by atoms with Gasteiger partial charge in [-0.05, 0) is 36.3 Å². The van der Waals surface area contributed by atoms with Gasteiger partial charge in [-0.2, -0.15) is 0 Å². The molecule has 102 valence electrons. The number of nitrogens with one attached hydrogen (secondary N) is 2. The number of nitrogens with zero attached hydrogens (tertiary/aromatic N) is 2. The molecule has 1 aliphatic rings. The van der Waals surface area contributed by atoms with Crippen molar-refractivity contribution >= 4 is 11.0 Å². The maximum absolute atomic E-state index is 9.76. The zero-order chi connectivity index (χ0) is 13.9. The van der Waals surface area contributed by atoms with E-state index in [1.165, 1.54) is 0 Å². The zero-order valence-electron chi connectivity index (χ0n) is 11.2. The van der Waals surface area contributed by atoms with Gasteiger partial charge >= 0.3 is 0 Å². The van der Waals surface area contributed by atoms with Crippen LogP contribution in [0.1, 0.15) is 11.1 Å². The summed E-state index contributed by atoms with van der Waals surface area (Å²) >= 11 is 0. The molecule has 5 heteroatoms. The molecule has 3 N–H and O–H groups in total. The van der Waals surface area contributed by atoms with E-state index in [1.54, 1.807) is 24.7 Å². The van der Waals surface area contributed by atoms with Crippen molar-refractivity contribution in [1.82, 2.24) is 20.6 Å². The van der Waals surface area contributed by atoms with Crippen LogP contribution in [0.25, 0.3) is 11.0 Å². The first-order chi connectivity index (χ1) is 9.74. The van der Waals surface area contributed by atoms with Gasteiger partial charge in [-0.1, -0.05) is 0 Å². The first-order valence-electron chi connectivity index (χ1n) is 6.51. The number of rotatable bonds is 3. The van der Waals surface area contributed by atoms with E-state index < -0.39 is 0 Å². The van der Waals surface area contributed by atoms with Crippen LogP contribution in [0.15, 0.2) is 48.3 Å². The molecule has 2 heterocycles. The molecule has 2 aromatic rings. The van der Waals surface area contributed by atoms with Crippen molar-refractivity contribution in [2.24, 2.45) is 0 Å². The molecule has 3 rings (SSSR count). The lowest BCUT2D eigenvalue weighted by molar-refractivity contribution is 0.406. The Bertz CT molecular complexity index is 706. The van der Waals surface area contributed by atoms with Crippen LogP contribution in [0.4, 0.5) is 0 Å². The SMILES string of the molecule is Cc1cc2nccnc2cc1CNC1=CNCC=C1O. The largest absolute Gasteiger partial charge is 0.506 e. The molecule has 0 saturated carbocycles. The van der Waals surface area contributed by atoms with Gasteiger partial charge in [0.15, 0.2) is 0 Å². The third kappa shape index (κ3) is 2.42. The van der Waals surface area contributed by atoms with Gasteiger partial charge in [0.05, 0.1) is 16.7 Å². The number of hydrogen-bond acceptors (Lipinski definition) is 5. The summed E-state index contributed by atoms with van der Waals surface area (Å²) in [5, 5.41) is 16.0. The second kappa shape index (κ2) is 5.21. The van der Waals surface area contributed by atoms with Gasteiger partial charge in [0.2, 0.25) is 0 Å². The fourth-order valence-corrected chi connectivity index (χ4v) is 2.18. The molecule has 0 spiro atoms. The number of aliphatic hydroxyl groups is 1. The fourth-order valence-electron chi connectivity index (χ4n) is 2.18. The van der Waals surface area contributed by atoms with Gasteiger partial charge in [0, 0.05) is 31.7 Å². The lowest BCUT2D eigenvalue weighted by atomic mass is 10.1. The third-order valence-electron chi connectivity index (χ3n) is 3.33. The third-order valence-corrected chi connectivity index (χ3v) is 3.33. The summed E-state index contributed by atoms with van der Waals surface area (Å²) in [5.74, 6) is 0.280. The Hall–Kier alpha value is -2.56. The highest BCUT2D eigenvalue weighted by atomic mass is 16.3. The highest BCUT2D eigenvalue weighted by Crippen LogP contribution is 2.17. The molecular formula is C15H16N4O. The standard InChI is InChI=1S/C15H16N4O/c1-10-6-12-13(18-5-4-17-12)7-11(10)8-19-14-9-16-3-2-15(14)20/h2,4-7,9,16,19-20H,3,8H2,1H3. The first-order valence-corrected chi connectivity index (χ1v) is 6.51. The Morgan fingerprint density at radius 1 is 1.25 bits per heavy atom. The predicted octanol–water partition coefficient (Wildman–Crippen LogP) is 1.91. The van der Waals surface area contributed by atoms with E-state index >= 15 is 0 Å². The fraction of sp³-hybridized carbons (Fsp3) is 0.200. The second-order valence-corrected chi connectivity index (χ2v) is 4.73. The maximum atomic E-state index is 9.76. The van der Waals surface area contributed by atoms with Crippen molar-refractivity contribution in [2.75, 3.05) is 6.54 Å². The van der Waals surface area contributed by atoms with E-state index in [4.69, 9.17) is 0 Å². The Labute approximate surface area is 117 Å². The van der Waals surface area contributed by atoms with Gasteiger partial charge in [0.1, 0.15) is 5.76 Å². The Kier molecular flexibility index (Phi) is 3.25. The summed E-state index contributed by atoms with van der Waals surface area (Å²) in [6.45, 7) is 3.33. The molecule has 0 aliphatic carbocycles. The van der Waals surface area contributed by atoms with Crippen LogP contribution >= 0.6 is 0 Å². The average Bonchev–Trinajstić information content (AvgIpc) is 2.46. The van der Waals surface area contributed by atoms with E-state index in [9.17, 15) is 5.11 Å². The predicted molar refractivity (Wildman–Crippen MR) is 77.9 cm³/mol. The topological polar surface area (TPSA) is 70.1 Å². The number of dihydropyridines is 1. The smallest absolute Gasteiger partial charge is 0.137 e. The highest BCUT2D eigenvalue weighted by molar-refractivity contribution is 5.75. The van der Waals surface area contributed by atoms with Gasteiger partial charge in [-0.3, -0.25) is 9.97 Å². The van der Waals surface area contributed by atoms with E-state index in [-0.39, 0.29) is 5.76 Å². The van der Waals surface area contributed by atoms with Crippen molar-refractivity contribution in [2.45, 2.75) is 13.5 Å². The number of fused-ring (bicyclic) bond motifs is 1. The van der Waals surface area contributed by atoms with E-state index in [0.29, 0.717) is 18.8 Å². The van der Waals surface area contributed by atoms with Gasteiger partial charge < -0.3 is 15.7 Å². The van der Waals surface area contributed by atoms with Crippen molar-refractivity contribution in [3.8, 4) is 0 Å². The van der Waals surface area contributed by atoms with E-state index in [2.05, 4.69) is 20.6 Å². The number of aliphatic hydroxyl groups excluding tert-OH is 1. The summed E-state index contributed by atoms with van der Waals surface area (Å²) < 4.78 is 0. The molecule has 0 amide bonds. The minimum Gasteiger partial charge on any atom is -0.506 e. The van der Waals surface area contributed by atoms with Gasteiger partial charge in [-0.15, -0.1) is 0 Å². The molecule has 5 nitrogen and oxygen atoms in total. The van der Waals surface area contributed by atoms with Crippen molar-refractivity contribution in [3.05, 3.63) is 59.4 Å². The van der Waals surface area contributed by atoms with Crippen LogP contribution in [-0.4, -0.2) is 21.6 Å². The summed E-state index contributed by atoms with van der Waals surface area (Å²) in [7, 11) is 0. The van der Waals surface area contributed by atoms with Crippen molar-refractivity contribution in [3.63, 3.8) is 0 Å². The minimum atomic E-state index is 0.280. The van der Waals surface area contributed by atoms with E-state index in [0.717, 1.165) is 22.2 Å². The minimum absolute atomic E-state index is 0.280. The molecule has 1 aliphatic heterocycles. The van der Waals surface area contributed by atoms with Gasteiger partial charge in [0.25, 0.3) is 0 Å². The summed E-state index contributed by atoms with van der Waals surface area (Å²) in [6.07, 6.45) is 6.91. The molecule has 0 atom stereocenters. The van der Waals surface area contributed by atoms with Crippen molar-refractivity contribution < 1.29 is 5.11 Å². The van der Waals surface area contributed by atoms with E-state index in [1.807, 2.05) is 19.1 Å². The Balaban J connectivity index is 1.82. The summed E-state index contributed by atoms with van der Waals surface area (Å²) in [6, 6.07) is 4.06. The maximum Gasteiger partial charge on any atom is 0.137 e. The molecular weight excluding hydrogens is 252 g/mol. The van der Waals surface area contributed by atoms with Crippen LogP contribution < -0.4 is 10.6 Å². The van der Waals surface area contributed by atoms with Crippen LogP contribution in [0, 0.1) is 6.92 Å². The molecule has 0 radical (unpaired) electrons. The summed E-state index contributed by atoms with van der Waals surface area (Å²) in [4.78, 5) is 8.61. The van der Waals surface area contributed by atoms with Crippen LogP contribution in [0.2, 0.25) is 0 Å². The normalized spacial score (nSPS) is 14.4. The molecule has 20 heavy (non-hydrogen) atoms. The Morgan fingerprint density at radius 3 is 2.75 bits per heavy atom. The number of aryl methyl sites for hydroxylation is 1. The number of hydrogen-bond donors (Lipinski definition) is 3. The highest BCUT2D eigenvalue weighted by Gasteiger charge is 2.08. The van der Waals surface area contributed by atoms with Crippen LogP contribution in [0.5, 0.6) is 0 Å². The molecule has 1 aromatic carbocycles. The first kappa shape index (κ1) is 12.5. The zero-order valence-corrected chi connectivity index (χ0v) is 11.2. The van der Waals surface area contributed by atoms with Crippen LogP contribution in [-0.2, 0) is 6.54 Å². The monoisotopic (exact) mass is 268 g/mol. The Morgan fingerprint density at radius 2 is 2.00 bits per heavy atom. The molecule has 0 fully saturated rings. The lowest BCUT2D eigenvalue weighted by Gasteiger charge is -2.15. The molecule has 0 saturated heterocycles. The summed E-state index contributed by atoms with van der Waals surface area (Å²) in [5.41, 5.74) is 4.77. The molecule has 1 aromatic heterocycles. The van der Waals surface area contributed by atoms with Gasteiger partial charge in [-0.25, -0.2) is 0 Å². The number of aromatic nitrogens is 2. The quantitative estimate of drug-likeness (QED) is 0.793. The second-order valence-electron chi connectivity index (χ2n) is 4.73. The molecule has 0 bridgehead atoms. The number of benzene rings is 1. The van der Waals surface area contributed by atoms with Crippen LogP contribution in [0.3, 0.4) is 0 Å². The van der Waals surface area contributed by atoms with Crippen molar-refractivity contribution in [1.29, 1.82) is 0 Å². The average molecular weight is 268 g/mol. The molecule has 0 unspecified atom stereocenters.